The maximum atomic E-state index is 12.9. The molecular weight excluding hydrogens is 388 g/mol. The average molecular weight is 418 g/mol. The third-order valence-electron chi connectivity index (χ3n) is 8.90. The second kappa shape index (κ2) is 6.74. The van der Waals surface area contributed by atoms with E-state index in [1.165, 1.54) is 6.92 Å². The fraction of sp³-hybridized carbons (Fsp3) is 0.739. The number of carboxylic acids is 1. The van der Waals surface area contributed by atoms with Gasteiger partial charge >= 0.3 is 11.9 Å². The Morgan fingerprint density at radius 2 is 1.83 bits per heavy atom. The second-order valence-corrected chi connectivity index (χ2v) is 10.2. The molecule has 0 aromatic carbocycles. The van der Waals surface area contributed by atoms with E-state index in [4.69, 9.17) is 4.74 Å². The van der Waals surface area contributed by atoms with Gasteiger partial charge in [0.1, 0.15) is 0 Å². The number of aliphatic carboxylic acids is 1. The van der Waals surface area contributed by atoms with Crippen molar-refractivity contribution < 1.29 is 34.1 Å². The van der Waals surface area contributed by atoms with E-state index < -0.39 is 34.8 Å². The molecule has 0 aromatic heterocycles. The number of ketones is 2. The molecule has 3 saturated carbocycles. The van der Waals surface area contributed by atoms with Crippen LogP contribution in [0.15, 0.2) is 11.6 Å². The van der Waals surface area contributed by atoms with Crippen molar-refractivity contribution in [3.05, 3.63) is 11.6 Å². The zero-order valence-corrected chi connectivity index (χ0v) is 17.8. The fourth-order valence-corrected chi connectivity index (χ4v) is 7.68. The minimum absolute atomic E-state index is 0.0375. The molecule has 164 valence electrons. The molecule has 0 saturated heterocycles. The number of ether oxygens (including phenoxy) is 1. The molecule has 0 unspecified atom stereocenters. The van der Waals surface area contributed by atoms with Gasteiger partial charge in [0, 0.05) is 18.8 Å². The number of rotatable bonds is 3. The lowest BCUT2D eigenvalue weighted by Gasteiger charge is -2.60. The summed E-state index contributed by atoms with van der Waals surface area (Å²) in [5, 5.41) is 20.9. The van der Waals surface area contributed by atoms with Gasteiger partial charge in [-0.25, -0.2) is 4.79 Å². The summed E-state index contributed by atoms with van der Waals surface area (Å²) >= 11 is 0. The van der Waals surface area contributed by atoms with Crippen LogP contribution in [0.3, 0.4) is 0 Å². The van der Waals surface area contributed by atoms with Gasteiger partial charge in [0.2, 0.25) is 0 Å². The van der Waals surface area contributed by atoms with Gasteiger partial charge in [0.15, 0.2) is 11.4 Å². The van der Waals surface area contributed by atoms with Crippen molar-refractivity contribution in [2.24, 2.45) is 28.6 Å². The summed E-state index contributed by atoms with van der Waals surface area (Å²) < 4.78 is 5.53. The van der Waals surface area contributed by atoms with Gasteiger partial charge in [-0.15, -0.1) is 0 Å². The van der Waals surface area contributed by atoms with Crippen molar-refractivity contribution in [1.82, 2.24) is 0 Å². The molecule has 4 aliphatic carbocycles. The van der Waals surface area contributed by atoms with E-state index in [0.29, 0.717) is 19.3 Å². The van der Waals surface area contributed by atoms with Gasteiger partial charge in [-0.05, 0) is 67.8 Å². The monoisotopic (exact) mass is 418 g/mol. The van der Waals surface area contributed by atoms with Crippen LogP contribution in [0.2, 0.25) is 0 Å². The van der Waals surface area contributed by atoms with Crippen molar-refractivity contribution in [1.29, 1.82) is 0 Å². The van der Waals surface area contributed by atoms with Crippen molar-refractivity contribution in [3.63, 3.8) is 0 Å². The lowest BCUT2D eigenvalue weighted by atomic mass is 9.45. The Labute approximate surface area is 175 Å². The number of carbonyl (C=O) groups is 4. The van der Waals surface area contributed by atoms with E-state index in [2.05, 4.69) is 6.92 Å². The van der Waals surface area contributed by atoms with Crippen LogP contribution in [-0.2, 0) is 23.9 Å². The smallest absolute Gasteiger partial charge is 0.376 e. The number of hydrogen-bond acceptors (Lipinski definition) is 6. The number of fused-ring (bicyclic) bond motifs is 5. The first-order valence-corrected chi connectivity index (χ1v) is 10.9. The molecule has 0 amide bonds. The highest BCUT2D eigenvalue weighted by molar-refractivity contribution is 6.36. The third kappa shape index (κ3) is 2.67. The number of esters is 1. The van der Waals surface area contributed by atoms with Gasteiger partial charge in [0.25, 0.3) is 5.78 Å². The molecule has 3 fully saturated rings. The van der Waals surface area contributed by atoms with Crippen molar-refractivity contribution in [3.8, 4) is 0 Å². The molecule has 30 heavy (non-hydrogen) atoms. The number of aliphatic hydroxyl groups excluding tert-OH is 1. The molecule has 2 N–H and O–H groups in total. The molecular formula is C23H30O7. The zero-order valence-electron chi connectivity index (χ0n) is 17.8. The summed E-state index contributed by atoms with van der Waals surface area (Å²) in [6, 6.07) is 0. The molecule has 0 radical (unpaired) electrons. The predicted molar refractivity (Wildman–Crippen MR) is 105 cm³/mol. The predicted octanol–water partition coefficient (Wildman–Crippen LogP) is 2.44. The molecule has 7 nitrogen and oxygen atoms in total. The molecule has 0 spiro atoms. The van der Waals surface area contributed by atoms with E-state index in [9.17, 15) is 29.4 Å². The lowest BCUT2D eigenvalue weighted by molar-refractivity contribution is -0.201. The van der Waals surface area contributed by atoms with Gasteiger partial charge in [0.05, 0.1) is 6.10 Å². The van der Waals surface area contributed by atoms with Crippen molar-refractivity contribution >= 4 is 23.5 Å². The van der Waals surface area contributed by atoms with Gasteiger partial charge < -0.3 is 14.9 Å². The standard InChI is InChI=1S/C23H30O7/c1-12(24)30-23(19(27)20(28)29)9-7-16-15-5-4-13-10-14(25)6-8-21(13,2)18(15)17(26)11-22(16,23)3/h10,15-18,26H,4-9,11H2,1-3H3,(H,28,29)/t15-,16-,17-,18+,21-,22-,23-/m0/s1. The molecule has 7 heteroatoms. The van der Waals surface area contributed by atoms with Gasteiger partial charge in [-0.2, -0.15) is 0 Å². The van der Waals surface area contributed by atoms with Crippen LogP contribution >= 0.6 is 0 Å². The summed E-state index contributed by atoms with van der Waals surface area (Å²) in [7, 11) is 0. The van der Waals surface area contributed by atoms with E-state index in [-0.39, 0.29) is 41.8 Å². The van der Waals surface area contributed by atoms with Crippen LogP contribution in [0.4, 0.5) is 0 Å². The minimum Gasteiger partial charge on any atom is -0.475 e. The van der Waals surface area contributed by atoms with Crippen LogP contribution in [0, 0.1) is 28.6 Å². The first-order valence-electron chi connectivity index (χ1n) is 10.9. The maximum Gasteiger partial charge on any atom is 0.376 e. The van der Waals surface area contributed by atoms with Crippen LogP contribution in [0.25, 0.3) is 0 Å². The Kier molecular flexibility index (Phi) is 4.77. The van der Waals surface area contributed by atoms with Crippen molar-refractivity contribution in [2.45, 2.75) is 77.4 Å². The fourth-order valence-electron chi connectivity index (χ4n) is 7.68. The van der Waals surface area contributed by atoms with Crippen molar-refractivity contribution in [2.75, 3.05) is 0 Å². The molecule has 0 heterocycles. The number of carboxylic acid groups (broad SMARTS) is 1. The Morgan fingerprint density at radius 1 is 1.13 bits per heavy atom. The largest absolute Gasteiger partial charge is 0.475 e. The zero-order chi connectivity index (χ0) is 22.1. The highest BCUT2D eigenvalue weighted by Crippen LogP contribution is 2.68. The lowest BCUT2D eigenvalue weighted by Crippen LogP contribution is -2.63. The average Bonchev–Trinajstić information content (AvgIpc) is 2.93. The SMILES string of the molecule is CC(=O)O[C@]1(C(=O)C(=O)O)CC[C@H]2[C@@H]3CCC4=CC(=O)CC[C@]4(C)[C@H]3[C@@H](O)C[C@@]21C. The Balaban J connectivity index is 1.77. The van der Waals surface area contributed by atoms with E-state index in [1.807, 2.05) is 6.92 Å². The second-order valence-electron chi connectivity index (χ2n) is 10.2. The highest BCUT2D eigenvalue weighted by atomic mass is 16.6. The van der Waals surface area contributed by atoms with Crippen LogP contribution < -0.4 is 0 Å². The molecule has 4 rings (SSSR count). The summed E-state index contributed by atoms with van der Waals surface area (Å²) in [5.74, 6) is -3.28. The summed E-state index contributed by atoms with van der Waals surface area (Å²) in [6.07, 6.45) is 4.61. The van der Waals surface area contributed by atoms with E-state index in [0.717, 1.165) is 18.4 Å². The number of Topliss-reactive ketones (excluding diaryl/α,β-unsaturated/α-hetero) is 1. The van der Waals surface area contributed by atoms with Gasteiger partial charge in [-0.3, -0.25) is 14.4 Å². The Morgan fingerprint density at radius 3 is 2.47 bits per heavy atom. The summed E-state index contributed by atoms with van der Waals surface area (Å²) in [4.78, 5) is 48.4. The topological polar surface area (TPSA) is 118 Å². The van der Waals surface area contributed by atoms with Gasteiger partial charge in [-0.1, -0.05) is 19.4 Å². The van der Waals surface area contributed by atoms with Crippen LogP contribution in [0.1, 0.15) is 65.7 Å². The molecule has 0 aliphatic heterocycles. The molecule has 0 bridgehead atoms. The van der Waals surface area contributed by atoms with Crippen LogP contribution in [0.5, 0.6) is 0 Å². The minimum atomic E-state index is -1.75. The third-order valence-corrected chi connectivity index (χ3v) is 8.90. The van der Waals surface area contributed by atoms with E-state index >= 15 is 0 Å². The molecule has 0 aromatic rings. The Hall–Kier alpha value is -2.02. The number of carbonyl (C=O) groups excluding carboxylic acids is 3. The quantitative estimate of drug-likeness (QED) is 0.534. The molecule has 7 atom stereocenters. The summed E-state index contributed by atoms with van der Waals surface area (Å²) in [6.45, 7) is 5.13. The number of allylic oxidation sites excluding steroid dienone is 1. The normalized spacial score (nSPS) is 44.9. The maximum absolute atomic E-state index is 12.9. The van der Waals surface area contributed by atoms with E-state index in [1.54, 1.807) is 6.08 Å². The first kappa shape index (κ1) is 21.2. The highest BCUT2D eigenvalue weighted by Gasteiger charge is 2.71. The molecule has 4 aliphatic rings. The number of aliphatic hydroxyl groups is 1. The number of hydrogen-bond donors (Lipinski definition) is 2. The first-order chi connectivity index (χ1) is 14.0. The van der Waals surface area contributed by atoms with Crippen LogP contribution in [-0.4, -0.2) is 45.4 Å². The Bertz CT molecular complexity index is 860. The summed E-state index contributed by atoms with van der Waals surface area (Å²) in [5.41, 5.74) is -1.87.